The van der Waals surface area contributed by atoms with Gasteiger partial charge in [0, 0.05) is 18.2 Å². The number of aliphatic carboxylic acids is 1. The van der Waals surface area contributed by atoms with Crippen molar-refractivity contribution in [3.8, 4) is 11.3 Å². The van der Waals surface area contributed by atoms with Crippen molar-refractivity contribution in [3.63, 3.8) is 0 Å². The molecule has 0 unspecified atom stereocenters. The molecule has 1 aliphatic carbocycles. The Bertz CT molecular complexity index is 981. The Labute approximate surface area is 214 Å². The molecule has 2 heterocycles. The van der Waals surface area contributed by atoms with E-state index in [1.807, 2.05) is 18.2 Å². The van der Waals surface area contributed by atoms with E-state index in [1.165, 1.54) is 37.7 Å². The second-order valence-electron chi connectivity index (χ2n) is 9.77. The number of carboxylic acids is 1. The normalized spacial score (nSPS) is 17.6. The van der Waals surface area contributed by atoms with Gasteiger partial charge in [-0.05, 0) is 63.2 Å². The zero-order valence-corrected chi connectivity index (χ0v) is 21.6. The molecule has 35 heavy (non-hydrogen) atoms. The van der Waals surface area contributed by atoms with Crippen LogP contribution in [0.5, 0.6) is 0 Å². The number of carbonyl (C=O) groups excluding carboxylic acids is 1. The number of halogens is 1. The summed E-state index contributed by atoms with van der Waals surface area (Å²) in [4.78, 5) is 27.1. The molecule has 4 rings (SSSR count). The van der Waals surface area contributed by atoms with Gasteiger partial charge in [-0.1, -0.05) is 50.5 Å². The van der Waals surface area contributed by atoms with E-state index in [1.54, 1.807) is 0 Å². The molecule has 1 aromatic carbocycles. The number of rotatable bonds is 10. The third-order valence-electron chi connectivity index (χ3n) is 7.31. The topological polar surface area (TPSA) is 87.5 Å². The van der Waals surface area contributed by atoms with Crippen LogP contribution in [0.4, 0.5) is 0 Å². The number of benzene rings is 1. The third-order valence-corrected chi connectivity index (χ3v) is 7.31. The average molecular weight is 503 g/mol. The van der Waals surface area contributed by atoms with Crippen LogP contribution < -0.4 is 5.32 Å². The van der Waals surface area contributed by atoms with E-state index in [0.29, 0.717) is 18.2 Å². The van der Waals surface area contributed by atoms with Crippen LogP contribution in [0, 0.1) is 0 Å². The van der Waals surface area contributed by atoms with Crippen molar-refractivity contribution in [2.75, 3.05) is 19.6 Å². The molecule has 0 spiro atoms. The third kappa shape index (κ3) is 7.07. The van der Waals surface area contributed by atoms with Crippen molar-refractivity contribution in [2.45, 2.75) is 83.2 Å². The lowest BCUT2D eigenvalue weighted by molar-refractivity contribution is -0.137. The molecule has 2 aliphatic rings. The average Bonchev–Trinajstić information content (AvgIpc) is 3.53. The molecule has 2 fully saturated rings. The van der Waals surface area contributed by atoms with Crippen molar-refractivity contribution in [1.29, 1.82) is 0 Å². The molecule has 1 aromatic heterocycles. The van der Waals surface area contributed by atoms with Crippen molar-refractivity contribution >= 4 is 24.3 Å². The van der Waals surface area contributed by atoms with Crippen LogP contribution in [-0.2, 0) is 11.2 Å². The van der Waals surface area contributed by atoms with Crippen molar-refractivity contribution in [1.82, 2.24) is 20.0 Å². The maximum absolute atomic E-state index is 13.3. The van der Waals surface area contributed by atoms with E-state index < -0.39 is 12.0 Å². The molecular weight excluding hydrogens is 464 g/mol. The highest BCUT2D eigenvalue weighted by Gasteiger charge is 2.26. The number of aryl methyl sites for hydroxylation is 1. The first-order valence-corrected chi connectivity index (χ1v) is 13.0. The maximum atomic E-state index is 13.3. The number of amides is 1. The number of nitrogens with one attached hydrogen (secondary N) is 1. The summed E-state index contributed by atoms with van der Waals surface area (Å²) < 4.78 is 2.05. The van der Waals surface area contributed by atoms with Crippen LogP contribution in [-0.4, -0.2) is 57.3 Å². The molecule has 1 atom stereocenters. The summed E-state index contributed by atoms with van der Waals surface area (Å²) in [5.74, 6) is -1.17. The van der Waals surface area contributed by atoms with Gasteiger partial charge in [0.05, 0.1) is 18.2 Å². The van der Waals surface area contributed by atoms with Crippen LogP contribution in [0.15, 0.2) is 30.3 Å². The first-order chi connectivity index (χ1) is 16.5. The lowest BCUT2D eigenvalue weighted by Crippen LogP contribution is -2.40. The summed E-state index contributed by atoms with van der Waals surface area (Å²) in [5.41, 5.74) is 3.72. The standard InChI is InChI=1S/C27H38N4O3.ClH/c1-2-20-10-4-7-13-23(20)25-19-24(29-31(25)22-11-5-6-12-22)27(34)28-21(18-26(32)33)14-17-30-15-8-3-9-16-30;/h4,7,10,13,19,21-22H,2-3,5-6,8-9,11-12,14-18H2,1H3,(H,28,34)(H,32,33);1H/t21-;/m0./s1. The Balaban J connectivity index is 0.00000342. The number of carboxylic acid groups (broad SMARTS) is 1. The van der Waals surface area contributed by atoms with Gasteiger partial charge in [0.2, 0.25) is 0 Å². The van der Waals surface area contributed by atoms with E-state index in [0.717, 1.165) is 50.2 Å². The number of carbonyl (C=O) groups is 2. The van der Waals surface area contributed by atoms with E-state index >= 15 is 0 Å². The smallest absolute Gasteiger partial charge is 0.305 e. The van der Waals surface area contributed by atoms with Gasteiger partial charge in [-0.3, -0.25) is 14.3 Å². The fourth-order valence-corrected chi connectivity index (χ4v) is 5.43. The molecule has 2 N–H and O–H groups in total. The second-order valence-corrected chi connectivity index (χ2v) is 9.77. The maximum Gasteiger partial charge on any atom is 0.305 e. The molecule has 1 aliphatic heterocycles. The van der Waals surface area contributed by atoms with Crippen molar-refractivity contribution in [3.05, 3.63) is 41.6 Å². The van der Waals surface area contributed by atoms with Crippen LogP contribution in [0.3, 0.4) is 0 Å². The zero-order valence-electron chi connectivity index (χ0n) is 20.7. The fraction of sp³-hybridized carbons (Fsp3) is 0.593. The Morgan fingerprint density at radius 2 is 1.83 bits per heavy atom. The lowest BCUT2D eigenvalue weighted by Gasteiger charge is -2.28. The highest BCUT2D eigenvalue weighted by molar-refractivity contribution is 5.94. The molecule has 1 saturated heterocycles. The lowest BCUT2D eigenvalue weighted by atomic mass is 10.0. The highest BCUT2D eigenvalue weighted by atomic mass is 35.5. The predicted octanol–water partition coefficient (Wildman–Crippen LogP) is 5.10. The number of hydrogen-bond acceptors (Lipinski definition) is 4. The first kappa shape index (κ1) is 27.2. The Hall–Kier alpha value is -2.38. The molecule has 1 saturated carbocycles. The summed E-state index contributed by atoms with van der Waals surface area (Å²) in [5, 5.41) is 17.2. The van der Waals surface area contributed by atoms with Gasteiger partial charge >= 0.3 is 5.97 Å². The van der Waals surface area contributed by atoms with Crippen LogP contribution in [0.2, 0.25) is 0 Å². The second kappa shape index (κ2) is 13.1. The predicted molar refractivity (Wildman–Crippen MR) is 140 cm³/mol. The molecule has 0 radical (unpaired) electrons. The Morgan fingerprint density at radius 1 is 1.11 bits per heavy atom. The molecule has 0 bridgehead atoms. The van der Waals surface area contributed by atoms with Gasteiger partial charge in [0.15, 0.2) is 5.69 Å². The number of aromatic nitrogens is 2. The van der Waals surface area contributed by atoms with Crippen LogP contribution >= 0.6 is 12.4 Å². The van der Waals surface area contributed by atoms with Gasteiger partial charge < -0.3 is 15.3 Å². The quantitative estimate of drug-likeness (QED) is 0.472. The molecule has 8 heteroatoms. The molecule has 1 amide bonds. The van der Waals surface area contributed by atoms with Crippen molar-refractivity contribution < 1.29 is 14.7 Å². The Kier molecular flexibility index (Phi) is 10.2. The summed E-state index contributed by atoms with van der Waals surface area (Å²) >= 11 is 0. The minimum Gasteiger partial charge on any atom is -0.481 e. The van der Waals surface area contributed by atoms with E-state index in [9.17, 15) is 14.7 Å². The van der Waals surface area contributed by atoms with Gasteiger partial charge in [0.1, 0.15) is 0 Å². The molecule has 7 nitrogen and oxygen atoms in total. The summed E-state index contributed by atoms with van der Waals surface area (Å²) in [6.45, 7) is 5.06. The van der Waals surface area contributed by atoms with E-state index in [4.69, 9.17) is 5.10 Å². The number of piperidine rings is 1. The van der Waals surface area contributed by atoms with Gasteiger partial charge in [-0.2, -0.15) is 5.10 Å². The van der Waals surface area contributed by atoms with Crippen LogP contribution in [0.25, 0.3) is 11.3 Å². The summed E-state index contributed by atoms with van der Waals surface area (Å²) in [6.07, 6.45) is 9.61. The summed E-state index contributed by atoms with van der Waals surface area (Å²) in [7, 11) is 0. The largest absolute Gasteiger partial charge is 0.481 e. The minimum atomic E-state index is -0.891. The van der Waals surface area contributed by atoms with Crippen molar-refractivity contribution in [2.24, 2.45) is 0 Å². The number of likely N-dealkylation sites (tertiary alicyclic amines) is 1. The SMILES string of the molecule is CCc1ccccc1-c1cc(C(=O)N[C@@H](CCN2CCCCC2)CC(=O)O)nn1C1CCCC1.Cl. The minimum absolute atomic E-state index is 0. The fourth-order valence-electron chi connectivity index (χ4n) is 5.43. The monoisotopic (exact) mass is 502 g/mol. The Morgan fingerprint density at radius 3 is 2.51 bits per heavy atom. The summed E-state index contributed by atoms with van der Waals surface area (Å²) in [6, 6.07) is 10.1. The van der Waals surface area contributed by atoms with Crippen LogP contribution in [0.1, 0.15) is 86.8 Å². The first-order valence-electron chi connectivity index (χ1n) is 13.0. The molecular formula is C27H39ClN4O3. The number of nitrogens with zero attached hydrogens (tertiary/aromatic N) is 3. The van der Waals surface area contributed by atoms with E-state index in [2.05, 4.69) is 34.0 Å². The molecule has 192 valence electrons. The molecule has 2 aromatic rings. The van der Waals surface area contributed by atoms with E-state index in [-0.39, 0.29) is 24.7 Å². The van der Waals surface area contributed by atoms with Gasteiger partial charge in [-0.25, -0.2) is 0 Å². The number of hydrogen-bond donors (Lipinski definition) is 2. The van der Waals surface area contributed by atoms with Gasteiger partial charge in [0.25, 0.3) is 5.91 Å². The highest BCUT2D eigenvalue weighted by Crippen LogP contribution is 2.35. The zero-order chi connectivity index (χ0) is 23.9. The van der Waals surface area contributed by atoms with Gasteiger partial charge in [-0.15, -0.1) is 12.4 Å².